The van der Waals surface area contributed by atoms with E-state index in [9.17, 15) is 9.90 Å². The molecule has 18 heavy (non-hydrogen) atoms. The van der Waals surface area contributed by atoms with Crippen molar-refractivity contribution in [2.75, 3.05) is 0 Å². The van der Waals surface area contributed by atoms with Crippen LogP contribution in [0.4, 0.5) is 0 Å². The van der Waals surface area contributed by atoms with Crippen molar-refractivity contribution in [1.29, 1.82) is 0 Å². The molecule has 1 aliphatic rings. The first-order chi connectivity index (χ1) is 8.68. The molecule has 0 unspecified atom stereocenters. The lowest BCUT2D eigenvalue weighted by Crippen LogP contribution is -2.22. The minimum atomic E-state index is -1.02. The number of aryl methyl sites for hydroxylation is 1. The van der Waals surface area contributed by atoms with E-state index in [1.54, 1.807) is 0 Å². The second-order valence-electron chi connectivity index (χ2n) is 5.03. The van der Waals surface area contributed by atoms with Gasteiger partial charge in [0.1, 0.15) is 0 Å². The monoisotopic (exact) mass is 265 g/mol. The third kappa shape index (κ3) is 3.26. The number of carboxylic acids is 1. The molecule has 98 valence electrons. The summed E-state index contributed by atoms with van der Waals surface area (Å²) in [5, 5.41) is 11.3. The predicted octanol–water partition coefficient (Wildman–Crippen LogP) is 3.07. The van der Waals surface area contributed by atoms with E-state index in [-0.39, 0.29) is 6.42 Å². The summed E-state index contributed by atoms with van der Waals surface area (Å²) in [7, 11) is 0. The quantitative estimate of drug-likeness (QED) is 0.839. The Balaban J connectivity index is 2.15. The Hall–Kier alpha value is -1.02. The Kier molecular flexibility index (Phi) is 4.65. The first kappa shape index (κ1) is 13.4. The summed E-state index contributed by atoms with van der Waals surface area (Å²) in [6.45, 7) is 0. The number of carbonyl (C=O) groups excluding carboxylic acids is 1. The summed E-state index contributed by atoms with van der Waals surface area (Å²) >= 11 is 6.41. The highest BCUT2D eigenvalue weighted by molar-refractivity contribution is 6.32. The van der Waals surface area contributed by atoms with E-state index in [1.807, 2.05) is 12.1 Å². The van der Waals surface area contributed by atoms with E-state index in [0.29, 0.717) is 12.3 Å². The number of carbonyl (C=O) groups is 1. The molecule has 3 heteroatoms. The fraction of sp³-hybridized carbons (Fsp3) is 0.533. The molecule has 0 amide bonds. The number of carboxylic acid groups (broad SMARTS) is 1. The molecule has 0 aromatic heterocycles. The van der Waals surface area contributed by atoms with Crippen molar-refractivity contribution in [3.8, 4) is 0 Å². The van der Waals surface area contributed by atoms with Crippen LogP contribution in [0.2, 0.25) is 5.02 Å². The Morgan fingerprint density at radius 3 is 2.67 bits per heavy atom. The van der Waals surface area contributed by atoms with Gasteiger partial charge in [0.25, 0.3) is 0 Å². The largest absolute Gasteiger partial charge is 0.550 e. The second kappa shape index (κ2) is 6.24. The van der Waals surface area contributed by atoms with Gasteiger partial charge in [0.2, 0.25) is 0 Å². The van der Waals surface area contributed by atoms with Crippen molar-refractivity contribution in [3.05, 3.63) is 34.3 Å². The van der Waals surface area contributed by atoms with E-state index in [1.165, 1.54) is 37.7 Å². The van der Waals surface area contributed by atoms with Crippen LogP contribution in [-0.2, 0) is 11.2 Å². The zero-order valence-corrected chi connectivity index (χ0v) is 11.2. The number of rotatable bonds is 4. The van der Waals surface area contributed by atoms with Crippen LogP contribution in [0.3, 0.4) is 0 Å². The molecule has 1 saturated carbocycles. The standard InChI is InChI=1S/C15H19ClO2/c16-15-12(9-10-14(17)18)7-4-8-13(15)11-5-2-1-3-6-11/h4,7-8,11H,1-3,5-6,9-10H2,(H,17,18)/p-1. The van der Waals surface area contributed by atoms with Crippen LogP contribution in [0.25, 0.3) is 0 Å². The average Bonchev–Trinajstić information content (AvgIpc) is 2.38. The Morgan fingerprint density at radius 2 is 2.00 bits per heavy atom. The molecule has 1 aromatic carbocycles. The lowest BCUT2D eigenvalue weighted by Gasteiger charge is -2.24. The van der Waals surface area contributed by atoms with Crippen LogP contribution in [0.15, 0.2) is 18.2 Å². The summed E-state index contributed by atoms with van der Waals surface area (Å²) in [4.78, 5) is 10.5. The normalized spacial score (nSPS) is 16.7. The van der Waals surface area contributed by atoms with Gasteiger partial charge in [-0.05, 0) is 42.7 Å². The zero-order chi connectivity index (χ0) is 13.0. The fourth-order valence-corrected chi connectivity index (χ4v) is 3.13. The third-order valence-electron chi connectivity index (χ3n) is 3.75. The number of hydrogen-bond acceptors (Lipinski definition) is 2. The van der Waals surface area contributed by atoms with Crippen LogP contribution in [0, 0.1) is 0 Å². The predicted molar refractivity (Wildman–Crippen MR) is 70.6 cm³/mol. The maximum Gasteiger partial charge on any atom is 0.0472 e. The van der Waals surface area contributed by atoms with Crippen molar-refractivity contribution in [1.82, 2.24) is 0 Å². The molecular weight excluding hydrogens is 248 g/mol. The Bertz CT molecular complexity index is 423. The molecule has 1 aliphatic carbocycles. The molecule has 0 bridgehead atoms. The number of halogens is 1. The zero-order valence-electron chi connectivity index (χ0n) is 10.5. The highest BCUT2D eigenvalue weighted by Crippen LogP contribution is 2.37. The minimum Gasteiger partial charge on any atom is -0.550 e. The van der Waals surface area contributed by atoms with Gasteiger partial charge in [-0.15, -0.1) is 0 Å². The van der Waals surface area contributed by atoms with Gasteiger partial charge in [-0.3, -0.25) is 0 Å². The van der Waals surface area contributed by atoms with E-state index >= 15 is 0 Å². The highest BCUT2D eigenvalue weighted by Gasteiger charge is 2.19. The Labute approximate surface area is 113 Å². The lowest BCUT2D eigenvalue weighted by molar-refractivity contribution is -0.305. The summed E-state index contributed by atoms with van der Waals surface area (Å²) in [5.74, 6) is -0.469. The molecule has 0 spiro atoms. The molecule has 0 aliphatic heterocycles. The SMILES string of the molecule is O=C([O-])CCc1cccc(C2CCCCC2)c1Cl. The van der Waals surface area contributed by atoms with E-state index in [0.717, 1.165) is 10.6 Å². The van der Waals surface area contributed by atoms with Crippen molar-refractivity contribution < 1.29 is 9.90 Å². The van der Waals surface area contributed by atoms with Gasteiger partial charge in [0.15, 0.2) is 0 Å². The van der Waals surface area contributed by atoms with Gasteiger partial charge in [-0.25, -0.2) is 0 Å². The number of hydrogen-bond donors (Lipinski definition) is 0. The number of aliphatic carboxylic acids is 1. The van der Waals surface area contributed by atoms with Crippen molar-refractivity contribution in [3.63, 3.8) is 0 Å². The van der Waals surface area contributed by atoms with Gasteiger partial charge in [0, 0.05) is 11.0 Å². The van der Waals surface area contributed by atoms with E-state index < -0.39 is 5.97 Å². The van der Waals surface area contributed by atoms with E-state index in [2.05, 4.69) is 6.07 Å². The van der Waals surface area contributed by atoms with Crippen LogP contribution >= 0.6 is 11.6 Å². The molecule has 1 aromatic rings. The second-order valence-corrected chi connectivity index (χ2v) is 5.41. The maximum atomic E-state index is 10.5. The van der Waals surface area contributed by atoms with Gasteiger partial charge in [-0.1, -0.05) is 49.1 Å². The first-order valence-electron chi connectivity index (χ1n) is 6.65. The summed E-state index contributed by atoms with van der Waals surface area (Å²) in [5.41, 5.74) is 2.14. The van der Waals surface area contributed by atoms with Crippen LogP contribution in [0.1, 0.15) is 55.6 Å². The van der Waals surface area contributed by atoms with Crippen LogP contribution < -0.4 is 5.11 Å². The van der Waals surface area contributed by atoms with Crippen LogP contribution in [0.5, 0.6) is 0 Å². The van der Waals surface area contributed by atoms with Gasteiger partial charge >= 0.3 is 0 Å². The summed E-state index contributed by atoms with van der Waals surface area (Å²) in [6.07, 6.45) is 6.75. The van der Waals surface area contributed by atoms with Crippen molar-refractivity contribution >= 4 is 17.6 Å². The molecule has 0 heterocycles. The van der Waals surface area contributed by atoms with E-state index in [4.69, 9.17) is 11.6 Å². The summed E-state index contributed by atoms with van der Waals surface area (Å²) < 4.78 is 0. The minimum absolute atomic E-state index is 0.0356. The van der Waals surface area contributed by atoms with Crippen molar-refractivity contribution in [2.45, 2.75) is 50.9 Å². The molecule has 0 N–H and O–H groups in total. The molecular formula is C15H18ClO2-. The first-order valence-corrected chi connectivity index (χ1v) is 7.03. The maximum absolute atomic E-state index is 10.5. The topological polar surface area (TPSA) is 40.1 Å². The van der Waals surface area contributed by atoms with Gasteiger partial charge in [0.05, 0.1) is 0 Å². The molecule has 1 fully saturated rings. The van der Waals surface area contributed by atoms with Crippen molar-refractivity contribution in [2.24, 2.45) is 0 Å². The smallest absolute Gasteiger partial charge is 0.0472 e. The Morgan fingerprint density at radius 1 is 1.28 bits per heavy atom. The summed E-state index contributed by atoms with van der Waals surface area (Å²) in [6, 6.07) is 5.98. The molecule has 0 atom stereocenters. The third-order valence-corrected chi connectivity index (χ3v) is 4.21. The van der Waals surface area contributed by atoms with Crippen LogP contribution in [-0.4, -0.2) is 5.97 Å². The lowest BCUT2D eigenvalue weighted by atomic mass is 9.83. The molecule has 2 nitrogen and oxygen atoms in total. The molecule has 2 rings (SSSR count). The molecule has 0 radical (unpaired) electrons. The van der Waals surface area contributed by atoms with Gasteiger partial charge < -0.3 is 9.90 Å². The highest BCUT2D eigenvalue weighted by atomic mass is 35.5. The molecule has 0 saturated heterocycles. The number of benzene rings is 1. The fourth-order valence-electron chi connectivity index (χ4n) is 2.76. The van der Waals surface area contributed by atoms with Gasteiger partial charge in [-0.2, -0.15) is 0 Å². The average molecular weight is 266 g/mol.